The lowest BCUT2D eigenvalue weighted by molar-refractivity contribution is -0.00590. The van der Waals surface area contributed by atoms with Crippen LogP contribution in [-0.4, -0.2) is 96.5 Å². The van der Waals surface area contributed by atoms with Gasteiger partial charge in [-0.3, -0.25) is 4.90 Å². The molecule has 0 aromatic heterocycles. The van der Waals surface area contributed by atoms with Gasteiger partial charge in [-0.05, 0) is 61.6 Å². The molecule has 0 amide bonds. The van der Waals surface area contributed by atoms with Gasteiger partial charge >= 0.3 is 0 Å². The summed E-state index contributed by atoms with van der Waals surface area (Å²) in [4.78, 5) is 4.97. The number of methoxy groups -OCH3 is 2. The van der Waals surface area contributed by atoms with Gasteiger partial charge in [-0.15, -0.1) is 0 Å². The molecule has 1 N–H and O–H groups in total. The van der Waals surface area contributed by atoms with Crippen molar-refractivity contribution in [2.75, 3.05) is 78.3 Å². The Balaban J connectivity index is 1.25. The molecule has 0 aliphatic carbocycles. The predicted molar refractivity (Wildman–Crippen MR) is 158 cm³/mol. The zero-order valence-corrected chi connectivity index (χ0v) is 24.5. The molecular formula is C32H47N3O5. The minimum Gasteiger partial charge on any atom is -0.497 e. The minimum absolute atomic E-state index is 0.0911. The number of benzene rings is 2. The fraction of sp³-hybridized carbons (Fsp3) is 0.625. The van der Waals surface area contributed by atoms with E-state index in [-0.39, 0.29) is 6.10 Å². The molecule has 40 heavy (non-hydrogen) atoms. The van der Waals surface area contributed by atoms with Crippen LogP contribution < -0.4 is 19.7 Å². The second-order valence-corrected chi connectivity index (χ2v) is 11.3. The molecule has 220 valence electrons. The molecule has 0 spiro atoms. The van der Waals surface area contributed by atoms with E-state index in [1.54, 1.807) is 14.2 Å². The van der Waals surface area contributed by atoms with E-state index in [1.165, 1.54) is 11.1 Å². The Morgan fingerprint density at radius 3 is 2.62 bits per heavy atom. The Morgan fingerprint density at radius 1 is 1.02 bits per heavy atom. The maximum absolute atomic E-state index is 6.69. The van der Waals surface area contributed by atoms with Gasteiger partial charge in [0, 0.05) is 57.9 Å². The molecular weight excluding hydrogens is 506 g/mol. The summed E-state index contributed by atoms with van der Waals surface area (Å²) in [6, 6.07) is 16.0. The first kappa shape index (κ1) is 29.1. The Labute approximate surface area is 239 Å². The van der Waals surface area contributed by atoms with E-state index in [1.807, 2.05) is 0 Å². The van der Waals surface area contributed by atoms with Crippen LogP contribution in [0.3, 0.4) is 0 Å². The summed E-state index contributed by atoms with van der Waals surface area (Å²) in [6.07, 6.45) is 3.27. The summed E-state index contributed by atoms with van der Waals surface area (Å²) in [7, 11) is 3.48. The van der Waals surface area contributed by atoms with Crippen molar-refractivity contribution in [3.63, 3.8) is 0 Å². The molecule has 8 nitrogen and oxygen atoms in total. The van der Waals surface area contributed by atoms with Crippen LogP contribution in [0.5, 0.6) is 11.5 Å². The summed E-state index contributed by atoms with van der Waals surface area (Å²) in [5.41, 5.74) is 3.66. The van der Waals surface area contributed by atoms with E-state index in [4.69, 9.17) is 23.7 Å². The van der Waals surface area contributed by atoms with E-state index in [0.29, 0.717) is 24.6 Å². The van der Waals surface area contributed by atoms with Gasteiger partial charge in [0.25, 0.3) is 0 Å². The summed E-state index contributed by atoms with van der Waals surface area (Å²) in [5.74, 6) is 2.17. The highest BCUT2D eigenvalue weighted by molar-refractivity contribution is 5.61. The van der Waals surface area contributed by atoms with Crippen molar-refractivity contribution in [1.82, 2.24) is 10.2 Å². The molecule has 0 bridgehead atoms. The largest absolute Gasteiger partial charge is 0.497 e. The van der Waals surface area contributed by atoms with Crippen molar-refractivity contribution < 1.29 is 23.7 Å². The number of piperidine rings is 1. The van der Waals surface area contributed by atoms with E-state index in [0.717, 1.165) is 95.6 Å². The molecule has 0 radical (unpaired) electrons. The number of anilines is 1. The van der Waals surface area contributed by atoms with Crippen molar-refractivity contribution >= 4 is 5.69 Å². The molecule has 2 aromatic rings. The van der Waals surface area contributed by atoms with Gasteiger partial charge in [-0.25, -0.2) is 0 Å². The van der Waals surface area contributed by atoms with Gasteiger partial charge in [-0.1, -0.05) is 18.2 Å². The van der Waals surface area contributed by atoms with Crippen molar-refractivity contribution in [1.29, 1.82) is 0 Å². The molecule has 3 aliphatic heterocycles. The highest BCUT2D eigenvalue weighted by Gasteiger charge is 2.34. The van der Waals surface area contributed by atoms with Crippen LogP contribution in [0.4, 0.5) is 5.69 Å². The quantitative estimate of drug-likeness (QED) is 0.395. The molecule has 5 rings (SSSR count). The standard InChI is InChI=1S/C32H47N3O5/c1-24(34-12-16-38-17-13-34)19-27-21-29(26-6-8-28(37-3)9-7-26)32(22-33-27)40-23-25-5-10-31-30(20-25)35(14-18-39-31)11-4-15-36-2/h5-10,20,24,27,29,32-33H,4,11-19,21-23H2,1-3H3/t24?,27-,29?,32-/m0/s1. The van der Waals surface area contributed by atoms with Crippen molar-refractivity contribution in [3.05, 3.63) is 53.6 Å². The first-order valence-corrected chi connectivity index (χ1v) is 14.9. The monoisotopic (exact) mass is 553 g/mol. The van der Waals surface area contributed by atoms with Crippen LogP contribution >= 0.6 is 0 Å². The smallest absolute Gasteiger partial charge is 0.142 e. The summed E-state index contributed by atoms with van der Waals surface area (Å²) >= 11 is 0. The summed E-state index contributed by atoms with van der Waals surface area (Å²) < 4.78 is 28.9. The molecule has 3 heterocycles. The SMILES string of the molecule is COCCCN1CCOc2ccc(CO[C@H]3CN[C@@H](CC(C)N4CCOCC4)CC3c3ccc(OC)cc3)cc21. The number of ether oxygens (including phenoxy) is 5. The van der Waals surface area contributed by atoms with E-state index in [2.05, 4.69) is 64.5 Å². The zero-order valence-electron chi connectivity index (χ0n) is 24.5. The molecule has 2 aromatic carbocycles. The number of hydrogen-bond donors (Lipinski definition) is 1. The van der Waals surface area contributed by atoms with E-state index in [9.17, 15) is 0 Å². The normalized spacial score (nSPS) is 24.3. The molecule has 3 aliphatic rings. The lowest BCUT2D eigenvalue weighted by Gasteiger charge is -2.40. The molecule has 2 fully saturated rings. The maximum atomic E-state index is 6.69. The second kappa shape index (κ2) is 14.5. The van der Waals surface area contributed by atoms with Gasteiger partial charge < -0.3 is 33.9 Å². The van der Waals surface area contributed by atoms with Crippen LogP contribution in [0.2, 0.25) is 0 Å². The molecule has 2 saturated heterocycles. The van der Waals surface area contributed by atoms with Crippen LogP contribution in [0.1, 0.15) is 43.2 Å². The topological polar surface area (TPSA) is 64.7 Å². The third-order valence-electron chi connectivity index (χ3n) is 8.66. The van der Waals surface area contributed by atoms with Crippen LogP contribution in [0.15, 0.2) is 42.5 Å². The molecule has 4 atom stereocenters. The van der Waals surface area contributed by atoms with Crippen LogP contribution in [0, 0.1) is 0 Å². The minimum atomic E-state index is 0.0911. The first-order valence-electron chi connectivity index (χ1n) is 14.9. The van der Waals surface area contributed by atoms with Gasteiger partial charge in [-0.2, -0.15) is 0 Å². The molecule has 8 heteroatoms. The van der Waals surface area contributed by atoms with Gasteiger partial charge in [0.2, 0.25) is 0 Å². The molecule has 0 saturated carbocycles. The van der Waals surface area contributed by atoms with E-state index >= 15 is 0 Å². The highest BCUT2D eigenvalue weighted by atomic mass is 16.5. The van der Waals surface area contributed by atoms with E-state index < -0.39 is 0 Å². The van der Waals surface area contributed by atoms with Gasteiger partial charge in [0.05, 0.1) is 45.3 Å². The third-order valence-corrected chi connectivity index (χ3v) is 8.66. The Morgan fingerprint density at radius 2 is 1.85 bits per heavy atom. The predicted octanol–water partition coefficient (Wildman–Crippen LogP) is 4.07. The Hall–Kier alpha value is -2.36. The number of nitrogens with zero attached hydrogens (tertiary/aromatic N) is 2. The van der Waals surface area contributed by atoms with Gasteiger partial charge in [0.15, 0.2) is 0 Å². The molecule has 2 unspecified atom stereocenters. The average Bonchev–Trinajstić information content (AvgIpc) is 3.01. The Kier molecular flexibility index (Phi) is 10.6. The fourth-order valence-corrected chi connectivity index (χ4v) is 6.35. The first-order chi connectivity index (χ1) is 19.6. The number of morpholine rings is 1. The zero-order chi connectivity index (χ0) is 27.7. The lowest BCUT2D eigenvalue weighted by atomic mass is 9.82. The average molecular weight is 554 g/mol. The number of nitrogens with one attached hydrogen (secondary N) is 1. The fourth-order valence-electron chi connectivity index (χ4n) is 6.35. The summed E-state index contributed by atoms with van der Waals surface area (Å²) in [5, 5.41) is 3.84. The second-order valence-electron chi connectivity index (χ2n) is 11.3. The lowest BCUT2D eigenvalue weighted by Crippen LogP contribution is -2.50. The van der Waals surface area contributed by atoms with Crippen LogP contribution in [0.25, 0.3) is 0 Å². The maximum Gasteiger partial charge on any atom is 0.142 e. The van der Waals surface area contributed by atoms with Crippen LogP contribution in [-0.2, 0) is 20.8 Å². The van der Waals surface area contributed by atoms with Crippen molar-refractivity contribution in [2.24, 2.45) is 0 Å². The van der Waals surface area contributed by atoms with Gasteiger partial charge in [0.1, 0.15) is 18.1 Å². The Bertz CT molecular complexity index is 1050. The van der Waals surface area contributed by atoms with Crippen molar-refractivity contribution in [2.45, 2.75) is 56.9 Å². The number of fused-ring (bicyclic) bond motifs is 1. The number of hydrogen-bond acceptors (Lipinski definition) is 8. The highest BCUT2D eigenvalue weighted by Crippen LogP contribution is 2.35. The third kappa shape index (κ3) is 7.47. The van der Waals surface area contributed by atoms with Crippen molar-refractivity contribution in [3.8, 4) is 11.5 Å². The summed E-state index contributed by atoms with van der Waals surface area (Å²) in [6.45, 7) is 10.9. The number of rotatable bonds is 12.